The summed E-state index contributed by atoms with van der Waals surface area (Å²) >= 11 is 1.47. The van der Waals surface area contributed by atoms with Crippen molar-refractivity contribution in [2.24, 2.45) is 5.73 Å². The van der Waals surface area contributed by atoms with Gasteiger partial charge in [0.05, 0.1) is 11.2 Å². The van der Waals surface area contributed by atoms with Crippen molar-refractivity contribution in [2.45, 2.75) is 16.3 Å². The predicted octanol–water partition coefficient (Wildman–Crippen LogP) is 2.29. The van der Waals surface area contributed by atoms with E-state index in [0.29, 0.717) is 12.0 Å². The molecule has 124 valence electrons. The van der Waals surface area contributed by atoms with Gasteiger partial charge >= 0.3 is 0 Å². The summed E-state index contributed by atoms with van der Waals surface area (Å²) in [5.41, 5.74) is 8.66. The van der Waals surface area contributed by atoms with Crippen molar-refractivity contribution in [3.05, 3.63) is 71.9 Å². The topological polar surface area (TPSA) is 102 Å². The van der Waals surface area contributed by atoms with Crippen LogP contribution in [0.3, 0.4) is 0 Å². The molecule has 0 aliphatic rings. The van der Waals surface area contributed by atoms with Crippen LogP contribution in [0.2, 0.25) is 0 Å². The summed E-state index contributed by atoms with van der Waals surface area (Å²) in [6.45, 7) is 0. The van der Waals surface area contributed by atoms with Crippen molar-refractivity contribution in [3.8, 4) is 0 Å². The normalized spacial score (nSPS) is 11.0. The highest BCUT2D eigenvalue weighted by molar-refractivity contribution is 7.99. The van der Waals surface area contributed by atoms with Gasteiger partial charge < -0.3 is 5.73 Å². The number of primary amides is 1. The fourth-order valence-corrected chi connectivity index (χ4v) is 3.42. The largest absolute Gasteiger partial charge is 0.366 e. The average molecular weight is 350 g/mol. The van der Waals surface area contributed by atoms with Gasteiger partial charge in [0, 0.05) is 28.8 Å². The molecule has 3 heterocycles. The predicted molar refractivity (Wildman–Crippen MR) is 93.5 cm³/mol. The molecule has 25 heavy (non-hydrogen) atoms. The first-order valence-corrected chi connectivity index (χ1v) is 8.40. The van der Waals surface area contributed by atoms with Crippen LogP contribution < -0.4 is 5.73 Å². The molecule has 0 radical (unpaired) electrons. The molecular formula is C17H14N6OS. The zero-order valence-corrected chi connectivity index (χ0v) is 13.9. The molecule has 0 aliphatic heterocycles. The SMILES string of the molecule is NC(=O)c1cccc(Sc2cc(Cc3ncnn4cccc34)[nH]n2)c1. The molecule has 0 saturated heterocycles. The van der Waals surface area contributed by atoms with E-state index in [1.165, 1.54) is 11.8 Å². The molecule has 1 amide bonds. The maximum atomic E-state index is 11.3. The lowest BCUT2D eigenvalue weighted by Gasteiger charge is -2.01. The Labute approximate surface area is 147 Å². The van der Waals surface area contributed by atoms with Gasteiger partial charge in [0.15, 0.2) is 0 Å². The quantitative estimate of drug-likeness (QED) is 0.575. The Hall–Kier alpha value is -3.13. The summed E-state index contributed by atoms with van der Waals surface area (Å²) in [6, 6.07) is 13.1. The van der Waals surface area contributed by atoms with E-state index in [1.807, 2.05) is 30.5 Å². The van der Waals surface area contributed by atoms with E-state index >= 15 is 0 Å². The Balaban J connectivity index is 1.53. The minimum Gasteiger partial charge on any atom is -0.366 e. The van der Waals surface area contributed by atoms with Crippen LogP contribution in [-0.2, 0) is 6.42 Å². The van der Waals surface area contributed by atoms with Crippen LogP contribution in [0.25, 0.3) is 5.52 Å². The Morgan fingerprint density at radius 1 is 1.24 bits per heavy atom. The highest BCUT2D eigenvalue weighted by Crippen LogP contribution is 2.27. The van der Waals surface area contributed by atoms with Crippen LogP contribution in [0, 0.1) is 0 Å². The van der Waals surface area contributed by atoms with Gasteiger partial charge in [-0.2, -0.15) is 10.2 Å². The van der Waals surface area contributed by atoms with Gasteiger partial charge in [-0.05, 0) is 36.4 Å². The highest BCUT2D eigenvalue weighted by atomic mass is 32.2. The van der Waals surface area contributed by atoms with Gasteiger partial charge in [-0.15, -0.1) is 0 Å². The average Bonchev–Trinajstić information content (AvgIpc) is 3.25. The number of carbonyl (C=O) groups excluding carboxylic acids is 1. The fraction of sp³-hybridized carbons (Fsp3) is 0.0588. The monoisotopic (exact) mass is 350 g/mol. The molecule has 7 nitrogen and oxygen atoms in total. The zero-order valence-electron chi connectivity index (χ0n) is 13.1. The molecule has 0 aliphatic carbocycles. The minimum atomic E-state index is -0.440. The number of benzene rings is 1. The van der Waals surface area contributed by atoms with Crippen molar-refractivity contribution >= 4 is 23.2 Å². The van der Waals surface area contributed by atoms with Crippen LogP contribution in [-0.4, -0.2) is 30.7 Å². The van der Waals surface area contributed by atoms with Crippen LogP contribution >= 0.6 is 11.8 Å². The van der Waals surface area contributed by atoms with E-state index in [9.17, 15) is 4.79 Å². The third-order valence-electron chi connectivity index (χ3n) is 3.72. The molecule has 4 aromatic rings. The number of hydrogen-bond donors (Lipinski definition) is 2. The number of nitrogens with zero attached hydrogens (tertiary/aromatic N) is 4. The molecule has 0 unspecified atom stereocenters. The summed E-state index contributed by atoms with van der Waals surface area (Å²) in [6.07, 6.45) is 4.06. The van der Waals surface area contributed by atoms with Gasteiger partial charge in [-0.3, -0.25) is 9.89 Å². The van der Waals surface area contributed by atoms with Crippen molar-refractivity contribution < 1.29 is 4.79 Å². The maximum Gasteiger partial charge on any atom is 0.248 e. The van der Waals surface area contributed by atoms with E-state index in [1.54, 1.807) is 29.0 Å². The van der Waals surface area contributed by atoms with Gasteiger partial charge in [0.25, 0.3) is 0 Å². The molecule has 1 aromatic carbocycles. The Morgan fingerprint density at radius 3 is 3.04 bits per heavy atom. The lowest BCUT2D eigenvalue weighted by Crippen LogP contribution is -2.10. The number of fused-ring (bicyclic) bond motifs is 1. The van der Waals surface area contributed by atoms with E-state index < -0.39 is 5.91 Å². The second-order valence-corrected chi connectivity index (χ2v) is 6.54. The zero-order chi connectivity index (χ0) is 17.2. The number of hydrogen-bond acceptors (Lipinski definition) is 5. The van der Waals surface area contributed by atoms with Gasteiger partial charge in [0.2, 0.25) is 5.91 Å². The van der Waals surface area contributed by atoms with E-state index in [0.717, 1.165) is 26.8 Å². The highest BCUT2D eigenvalue weighted by Gasteiger charge is 2.09. The Kier molecular flexibility index (Phi) is 3.95. The maximum absolute atomic E-state index is 11.3. The second-order valence-electron chi connectivity index (χ2n) is 5.45. The van der Waals surface area contributed by atoms with Crippen LogP contribution in [0.4, 0.5) is 0 Å². The molecule has 8 heteroatoms. The number of nitrogens with one attached hydrogen (secondary N) is 1. The smallest absolute Gasteiger partial charge is 0.248 e. The number of carbonyl (C=O) groups is 1. The van der Waals surface area contributed by atoms with Crippen molar-refractivity contribution in [3.63, 3.8) is 0 Å². The molecule has 3 aromatic heterocycles. The molecule has 4 rings (SSSR count). The van der Waals surface area contributed by atoms with Crippen molar-refractivity contribution in [1.29, 1.82) is 0 Å². The standard InChI is InChI=1S/C17H14N6OS/c18-17(24)11-3-1-4-13(7-11)25-16-9-12(21-22-16)8-14-15-5-2-6-23(15)20-10-19-14/h1-7,9-10H,8H2,(H2,18,24)(H,21,22). The number of H-pyrrole nitrogens is 1. The van der Waals surface area contributed by atoms with E-state index in [-0.39, 0.29) is 0 Å². The van der Waals surface area contributed by atoms with Gasteiger partial charge in [-0.1, -0.05) is 17.8 Å². The second kappa shape index (κ2) is 6.40. The summed E-state index contributed by atoms with van der Waals surface area (Å²) in [5.74, 6) is -0.440. The molecule has 0 atom stereocenters. The van der Waals surface area contributed by atoms with Gasteiger partial charge in [0.1, 0.15) is 11.4 Å². The first kappa shape index (κ1) is 15.4. The summed E-state index contributed by atoms with van der Waals surface area (Å²) in [4.78, 5) is 16.5. The first-order valence-electron chi connectivity index (χ1n) is 7.58. The Bertz CT molecular complexity index is 1050. The molecule has 0 fully saturated rings. The summed E-state index contributed by atoms with van der Waals surface area (Å²) in [7, 11) is 0. The van der Waals surface area contributed by atoms with Crippen molar-refractivity contribution in [2.75, 3.05) is 0 Å². The molecule has 0 bridgehead atoms. The fourth-order valence-electron chi connectivity index (χ4n) is 2.55. The number of rotatable bonds is 5. The van der Waals surface area contributed by atoms with Crippen LogP contribution in [0.1, 0.15) is 21.7 Å². The first-order chi connectivity index (χ1) is 12.2. The lowest BCUT2D eigenvalue weighted by molar-refractivity contribution is 0.1000. The number of amides is 1. The molecule has 3 N–H and O–H groups in total. The summed E-state index contributed by atoms with van der Waals surface area (Å²) in [5, 5.41) is 12.3. The molecule has 0 spiro atoms. The third-order valence-corrected chi connectivity index (χ3v) is 4.63. The van der Waals surface area contributed by atoms with Crippen molar-refractivity contribution in [1.82, 2.24) is 24.8 Å². The Morgan fingerprint density at radius 2 is 2.16 bits per heavy atom. The minimum absolute atomic E-state index is 0.440. The van der Waals surface area contributed by atoms with Crippen LogP contribution in [0.5, 0.6) is 0 Å². The molecule has 0 saturated carbocycles. The van der Waals surface area contributed by atoms with Gasteiger partial charge in [-0.25, -0.2) is 9.50 Å². The third kappa shape index (κ3) is 3.24. The van der Waals surface area contributed by atoms with E-state index in [2.05, 4.69) is 20.3 Å². The summed E-state index contributed by atoms with van der Waals surface area (Å²) < 4.78 is 1.80. The molecular weight excluding hydrogens is 336 g/mol. The number of aromatic amines is 1. The lowest BCUT2D eigenvalue weighted by atomic mass is 10.2. The van der Waals surface area contributed by atoms with E-state index in [4.69, 9.17) is 5.73 Å². The number of nitrogens with two attached hydrogens (primary N) is 1. The van der Waals surface area contributed by atoms with Crippen LogP contribution in [0.15, 0.2) is 64.9 Å². The number of aromatic nitrogens is 5.